The van der Waals surface area contributed by atoms with Gasteiger partial charge in [-0.15, -0.1) is 0 Å². The highest BCUT2D eigenvalue weighted by Gasteiger charge is 2.39. The largest absolute Gasteiger partial charge is 0.445 e. The number of likely N-dealkylation sites (N-methyl/N-ethyl adjacent to an activating group) is 2. The van der Waals surface area contributed by atoms with Crippen LogP contribution in [0.1, 0.15) is 118 Å². The van der Waals surface area contributed by atoms with Crippen LogP contribution in [-0.4, -0.2) is 96.0 Å². The molecule has 53 heavy (non-hydrogen) atoms. The van der Waals surface area contributed by atoms with Crippen molar-refractivity contribution in [2.45, 2.75) is 138 Å². The third-order valence-electron chi connectivity index (χ3n) is 10.9. The Morgan fingerprint density at radius 2 is 1.49 bits per heavy atom. The van der Waals surface area contributed by atoms with Crippen molar-refractivity contribution in [1.29, 1.82) is 0 Å². The van der Waals surface area contributed by atoms with Gasteiger partial charge in [0.25, 0.3) is 0 Å². The predicted molar refractivity (Wildman–Crippen MR) is 206 cm³/mol. The van der Waals surface area contributed by atoms with E-state index in [0.29, 0.717) is 32.2 Å². The van der Waals surface area contributed by atoms with Crippen LogP contribution in [0, 0.1) is 29.6 Å². The van der Waals surface area contributed by atoms with Crippen LogP contribution in [0.25, 0.3) is 0 Å². The molecule has 1 aliphatic rings. The number of nitrogens with zero attached hydrogens (tertiary/aromatic N) is 3. The van der Waals surface area contributed by atoms with Crippen molar-refractivity contribution in [3.8, 4) is 0 Å². The molecule has 6 atom stereocenters. The van der Waals surface area contributed by atoms with E-state index < -0.39 is 18.1 Å². The third kappa shape index (κ3) is 13.0. The summed E-state index contributed by atoms with van der Waals surface area (Å²) in [6, 6.07) is 6.44. The van der Waals surface area contributed by atoms with E-state index in [2.05, 4.69) is 13.8 Å². The van der Waals surface area contributed by atoms with E-state index >= 15 is 0 Å². The first-order chi connectivity index (χ1) is 25.0. The summed E-state index contributed by atoms with van der Waals surface area (Å²) in [5.74, 6) is -1.24. The van der Waals surface area contributed by atoms with Gasteiger partial charge in [-0.2, -0.15) is 0 Å². The van der Waals surface area contributed by atoms with Crippen molar-refractivity contribution in [3.63, 3.8) is 0 Å². The number of Topliss-reactive ketones (excluding diaryl/α,β-unsaturated/α-hetero) is 2. The second-order valence-electron chi connectivity index (χ2n) is 15.7. The lowest BCUT2D eigenvalue weighted by molar-refractivity contribution is -0.145. The molecule has 1 aliphatic heterocycles. The van der Waals surface area contributed by atoms with E-state index in [4.69, 9.17) is 9.47 Å². The molecular weight excluding hydrogens is 674 g/mol. The molecule has 1 saturated heterocycles. The highest BCUT2D eigenvalue weighted by molar-refractivity contribution is 6.03. The minimum Gasteiger partial charge on any atom is -0.445 e. The van der Waals surface area contributed by atoms with Crippen molar-refractivity contribution < 1.29 is 38.2 Å². The van der Waals surface area contributed by atoms with Gasteiger partial charge in [0.15, 0.2) is 5.78 Å². The zero-order valence-electron chi connectivity index (χ0n) is 34.3. The predicted octanol–water partition coefficient (Wildman–Crippen LogP) is 6.88. The molecule has 0 N–H and O–H groups in total. The van der Waals surface area contributed by atoms with Gasteiger partial charge in [0.05, 0.1) is 18.2 Å². The highest BCUT2D eigenvalue weighted by Crippen LogP contribution is 2.28. The molecule has 0 bridgehead atoms. The van der Waals surface area contributed by atoms with Crippen LogP contribution in [0.2, 0.25) is 0 Å². The number of methoxy groups -OCH3 is 1. The molecule has 11 nitrogen and oxygen atoms in total. The summed E-state index contributed by atoms with van der Waals surface area (Å²) in [6.07, 6.45) is 4.06. The standard InChI is InChI=1S/C42H67N3O8/c1-12-29(7)39(36(13-2)52-11)43(9)41(50)34(27(3)4)25-35(47)38(28(5)6)44(10)42(51)53-26-32-20-18-31(19-21-32)24-33(46)17-15-14-16-22-45-37(48)23-30(8)40(45)49/h18-21,27-30,34,36,38-39H,12-17,22-26H2,1-11H3/t29-,30?,34-,36+,38-,39-/m0/s1. The van der Waals surface area contributed by atoms with Gasteiger partial charge in [-0.3, -0.25) is 28.9 Å². The van der Waals surface area contributed by atoms with Crippen LogP contribution in [0.4, 0.5) is 4.79 Å². The fraction of sp³-hybridized carbons (Fsp3) is 0.714. The first-order valence-corrected chi connectivity index (χ1v) is 19.6. The van der Waals surface area contributed by atoms with Crippen LogP contribution in [0.5, 0.6) is 0 Å². The van der Waals surface area contributed by atoms with Crippen LogP contribution in [0.15, 0.2) is 24.3 Å². The number of carbonyl (C=O) groups is 6. The fourth-order valence-electron chi connectivity index (χ4n) is 7.46. The molecule has 11 heteroatoms. The van der Waals surface area contributed by atoms with Crippen molar-refractivity contribution >= 4 is 35.4 Å². The quantitative estimate of drug-likeness (QED) is 0.0877. The second kappa shape index (κ2) is 21.9. The number of likely N-dealkylation sites (tertiary alicyclic amines) is 1. The average Bonchev–Trinajstić information content (AvgIpc) is 3.36. The molecule has 1 unspecified atom stereocenters. The summed E-state index contributed by atoms with van der Waals surface area (Å²) in [6.45, 7) is 16.1. The maximum absolute atomic E-state index is 14.0. The Balaban J connectivity index is 1.93. The molecule has 0 saturated carbocycles. The van der Waals surface area contributed by atoms with E-state index in [1.165, 1.54) is 9.80 Å². The molecule has 0 aromatic heterocycles. The Hall–Kier alpha value is -3.60. The molecule has 2 rings (SSSR count). The molecule has 1 fully saturated rings. The van der Waals surface area contributed by atoms with Crippen molar-refractivity contribution in [1.82, 2.24) is 14.7 Å². The van der Waals surface area contributed by atoms with E-state index in [9.17, 15) is 28.8 Å². The highest BCUT2D eigenvalue weighted by atomic mass is 16.6. The summed E-state index contributed by atoms with van der Waals surface area (Å²) < 4.78 is 11.4. The number of rotatable bonds is 23. The number of unbranched alkanes of at least 4 members (excludes halogenated alkanes) is 2. The number of carbonyl (C=O) groups excluding carboxylic acids is 6. The van der Waals surface area contributed by atoms with Crippen molar-refractivity contribution in [3.05, 3.63) is 35.4 Å². The van der Waals surface area contributed by atoms with Gasteiger partial charge in [0, 0.05) is 65.3 Å². The maximum Gasteiger partial charge on any atom is 0.410 e. The molecule has 0 aliphatic carbocycles. The van der Waals surface area contributed by atoms with Crippen LogP contribution in [-0.2, 0) is 46.5 Å². The van der Waals surface area contributed by atoms with E-state index in [1.54, 1.807) is 26.0 Å². The summed E-state index contributed by atoms with van der Waals surface area (Å²) in [5.41, 5.74) is 1.61. The molecular formula is C42H67N3O8. The Morgan fingerprint density at radius 3 is 2.00 bits per heavy atom. The summed E-state index contributed by atoms with van der Waals surface area (Å²) in [4.78, 5) is 82.1. The minimum atomic E-state index is -0.767. The summed E-state index contributed by atoms with van der Waals surface area (Å²) in [7, 11) is 5.04. The van der Waals surface area contributed by atoms with Gasteiger partial charge in [-0.1, -0.05) is 92.5 Å². The number of hydrogen-bond donors (Lipinski definition) is 0. The Labute approximate surface area is 318 Å². The van der Waals surface area contributed by atoms with Gasteiger partial charge in [0.1, 0.15) is 12.4 Å². The molecule has 0 radical (unpaired) electrons. The first kappa shape index (κ1) is 45.6. The molecule has 1 aromatic carbocycles. The Kier molecular flexibility index (Phi) is 18.9. The lowest BCUT2D eigenvalue weighted by atomic mass is 9.83. The number of ketones is 2. The van der Waals surface area contributed by atoms with Gasteiger partial charge in [-0.05, 0) is 48.1 Å². The summed E-state index contributed by atoms with van der Waals surface area (Å²) >= 11 is 0. The van der Waals surface area contributed by atoms with E-state index in [1.807, 2.05) is 65.9 Å². The molecule has 1 heterocycles. The van der Waals surface area contributed by atoms with Crippen LogP contribution in [0.3, 0.4) is 0 Å². The van der Waals surface area contributed by atoms with Gasteiger partial charge in [0.2, 0.25) is 17.7 Å². The molecule has 4 amide bonds. The van der Waals surface area contributed by atoms with Crippen LogP contribution < -0.4 is 0 Å². The van der Waals surface area contributed by atoms with Crippen molar-refractivity contribution in [2.24, 2.45) is 29.6 Å². The number of imide groups is 1. The smallest absolute Gasteiger partial charge is 0.410 e. The van der Waals surface area contributed by atoms with Crippen LogP contribution >= 0.6 is 0 Å². The SMILES string of the molecule is CC[C@H](C)[C@@H]([C@@H](CC)OC)N(C)C(=O)[C@@H](CC(=O)[C@H](C(C)C)N(C)C(=O)OCc1ccc(CC(=O)CCCCCN2C(=O)CC(C)C2=O)cc1)C(C)C. The zero-order chi connectivity index (χ0) is 40.0. The van der Waals surface area contributed by atoms with Gasteiger partial charge in [-0.25, -0.2) is 4.79 Å². The Morgan fingerprint density at radius 1 is 0.868 bits per heavy atom. The van der Waals surface area contributed by atoms with Gasteiger partial charge >= 0.3 is 6.09 Å². The lowest BCUT2D eigenvalue weighted by Crippen LogP contribution is -2.52. The molecule has 1 aromatic rings. The van der Waals surface area contributed by atoms with E-state index in [-0.39, 0.29) is 84.6 Å². The minimum absolute atomic E-state index is 0.00417. The second-order valence-corrected chi connectivity index (χ2v) is 15.7. The molecule has 0 spiro atoms. The monoisotopic (exact) mass is 741 g/mol. The topological polar surface area (TPSA) is 131 Å². The number of ether oxygens (including phenoxy) is 2. The first-order valence-electron chi connectivity index (χ1n) is 19.6. The third-order valence-corrected chi connectivity index (χ3v) is 10.9. The number of benzene rings is 1. The Bertz CT molecular complexity index is 1370. The molecule has 298 valence electrons. The normalized spacial score (nSPS) is 17.5. The maximum atomic E-state index is 14.0. The van der Waals surface area contributed by atoms with Gasteiger partial charge < -0.3 is 19.3 Å². The lowest BCUT2D eigenvalue weighted by Gasteiger charge is -2.40. The fourth-order valence-corrected chi connectivity index (χ4v) is 7.46. The van der Waals surface area contributed by atoms with E-state index in [0.717, 1.165) is 30.4 Å². The summed E-state index contributed by atoms with van der Waals surface area (Å²) in [5, 5.41) is 0. The number of amides is 4. The zero-order valence-corrected chi connectivity index (χ0v) is 34.3. The average molecular weight is 742 g/mol. The number of hydrogen-bond acceptors (Lipinski definition) is 8. The van der Waals surface area contributed by atoms with Crippen molar-refractivity contribution in [2.75, 3.05) is 27.7 Å².